The molecule has 9 nitrogen and oxygen atoms in total. The van der Waals surface area contributed by atoms with Gasteiger partial charge in [-0.1, -0.05) is 37.8 Å². The predicted octanol–water partition coefficient (Wildman–Crippen LogP) is 5.16. The van der Waals surface area contributed by atoms with Gasteiger partial charge >= 0.3 is 0 Å². The lowest BCUT2D eigenvalue weighted by Crippen LogP contribution is -2.32. The van der Waals surface area contributed by atoms with Crippen LogP contribution in [0.15, 0.2) is 78.2 Å². The van der Waals surface area contributed by atoms with Crippen molar-refractivity contribution in [2.24, 2.45) is 11.8 Å². The Bertz CT molecular complexity index is 1400. The number of para-hydroxylation sites is 1. The quantitative estimate of drug-likeness (QED) is 0.209. The Labute approximate surface area is 231 Å². The van der Waals surface area contributed by atoms with E-state index in [0.29, 0.717) is 29.2 Å². The summed E-state index contributed by atoms with van der Waals surface area (Å²) >= 11 is 0. The molecule has 0 unspecified atom stereocenters. The highest BCUT2D eigenvalue weighted by Crippen LogP contribution is 2.29. The van der Waals surface area contributed by atoms with Crippen molar-refractivity contribution in [2.45, 2.75) is 51.0 Å². The summed E-state index contributed by atoms with van der Waals surface area (Å²) in [6.45, 7) is 3.00. The molecule has 2 aromatic heterocycles. The number of nitrogens with zero attached hydrogens (tertiary/aromatic N) is 4. The highest BCUT2D eigenvalue weighted by Gasteiger charge is 2.23. The molecule has 10 heteroatoms. The maximum Gasteiger partial charge on any atom is 0.240 e. The van der Waals surface area contributed by atoms with Crippen molar-refractivity contribution >= 4 is 32.7 Å². The van der Waals surface area contributed by atoms with Crippen LogP contribution in [0, 0.1) is 11.8 Å². The van der Waals surface area contributed by atoms with Gasteiger partial charge in [0.25, 0.3) is 0 Å². The summed E-state index contributed by atoms with van der Waals surface area (Å²) in [5.74, 6) is 2.36. The Morgan fingerprint density at radius 2 is 1.59 bits per heavy atom. The van der Waals surface area contributed by atoms with Crippen molar-refractivity contribution in [1.29, 1.82) is 0 Å². The van der Waals surface area contributed by atoms with Crippen LogP contribution in [0.3, 0.4) is 0 Å². The number of aromatic nitrogens is 4. The predicted molar refractivity (Wildman–Crippen MR) is 157 cm³/mol. The van der Waals surface area contributed by atoms with Crippen LogP contribution in [-0.2, 0) is 16.6 Å². The lowest BCUT2D eigenvalue weighted by molar-refractivity contribution is 0.284. The number of fused-ring (bicyclic) bond motifs is 1. The van der Waals surface area contributed by atoms with Gasteiger partial charge in [-0.25, -0.2) is 23.1 Å². The molecule has 1 fully saturated rings. The lowest BCUT2D eigenvalue weighted by atomic mass is 9.82. The molecule has 0 atom stereocenters. The largest absolute Gasteiger partial charge is 0.369 e. The SMILES string of the molecule is C.O=S(=O)(NCC1CCC(CNc2nc(NCCCn3ccnc3)c3ccccc3n2)CC1)c1ccccc1. The number of imidazole rings is 1. The maximum atomic E-state index is 12.5. The second-order valence-corrected chi connectivity index (χ2v) is 11.7. The molecule has 4 aromatic rings. The monoisotopic (exact) mass is 549 g/mol. The van der Waals surface area contributed by atoms with Crippen molar-refractivity contribution in [3.05, 3.63) is 73.3 Å². The molecule has 2 aromatic carbocycles. The number of hydrogen-bond acceptors (Lipinski definition) is 7. The number of benzene rings is 2. The summed E-state index contributed by atoms with van der Waals surface area (Å²) < 4.78 is 29.9. The molecule has 1 aliphatic rings. The molecule has 0 aliphatic heterocycles. The van der Waals surface area contributed by atoms with Gasteiger partial charge in [0.05, 0.1) is 16.7 Å². The topological polar surface area (TPSA) is 114 Å². The van der Waals surface area contributed by atoms with Gasteiger partial charge in [0.15, 0.2) is 0 Å². The first kappa shape index (κ1) is 28.5. The first-order chi connectivity index (χ1) is 18.6. The van der Waals surface area contributed by atoms with Gasteiger partial charge in [0, 0.05) is 44.0 Å². The second kappa shape index (κ2) is 13.5. The number of rotatable bonds is 12. The van der Waals surface area contributed by atoms with Gasteiger partial charge < -0.3 is 15.2 Å². The van der Waals surface area contributed by atoms with Crippen molar-refractivity contribution < 1.29 is 8.42 Å². The summed E-state index contributed by atoms with van der Waals surface area (Å²) in [5, 5.41) is 7.97. The molecular formula is C29H39N7O2S. The van der Waals surface area contributed by atoms with Crippen molar-refractivity contribution in [2.75, 3.05) is 30.3 Å². The summed E-state index contributed by atoms with van der Waals surface area (Å²) in [7, 11) is -3.45. The molecule has 5 rings (SSSR count). The first-order valence-electron chi connectivity index (χ1n) is 13.3. The molecule has 1 saturated carbocycles. The molecule has 0 amide bonds. The minimum atomic E-state index is -3.45. The number of hydrogen-bond donors (Lipinski definition) is 3. The summed E-state index contributed by atoms with van der Waals surface area (Å²) in [6.07, 6.45) is 10.7. The van der Waals surface area contributed by atoms with E-state index in [0.717, 1.165) is 68.5 Å². The van der Waals surface area contributed by atoms with E-state index in [2.05, 4.69) is 24.9 Å². The van der Waals surface area contributed by atoms with Crippen molar-refractivity contribution in [1.82, 2.24) is 24.2 Å². The van der Waals surface area contributed by atoms with Crippen LogP contribution in [0.1, 0.15) is 39.5 Å². The van der Waals surface area contributed by atoms with Crippen LogP contribution in [-0.4, -0.2) is 47.6 Å². The molecule has 0 saturated heterocycles. The van der Waals surface area contributed by atoms with Crippen LogP contribution in [0.4, 0.5) is 11.8 Å². The third kappa shape index (κ3) is 7.77. The normalized spacial score (nSPS) is 17.4. The standard InChI is InChI=1S/C28H35N7O2S.CH4/c36-38(37,24-7-2-1-3-8-24)32-20-23-13-11-22(12-14-23)19-31-28-33-26-10-5-4-9-25(26)27(34-28)30-15-6-17-35-18-16-29-21-35;/h1-5,7-10,16,18,21-23,32H,6,11-15,17,19-20H2,(H2,30,31,33,34);1H4. The summed E-state index contributed by atoms with van der Waals surface area (Å²) in [6, 6.07) is 16.6. The fourth-order valence-corrected chi connectivity index (χ4v) is 6.10. The van der Waals surface area contributed by atoms with Crippen LogP contribution in [0.25, 0.3) is 10.9 Å². The van der Waals surface area contributed by atoms with Gasteiger partial charge in [-0.05, 0) is 68.2 Å². The van der Waals surface area contributed by atoms with Gasteiger partial charge in [0.1, 0.15) is 5.82 Å². The zero-order valence-corrected chi connectivity index (χ0v) is 22.3. The molecule has 208 valence electrons. The van der Waals surface area contributed by atoms with Gasteiger partial charge in [-0.2, -0.15) is 4.98 Å². The van der Waals surface area contributed by atoms with Crippen LogP contribution in [0.5, 0.6) is 0 Å². The third-order valence-corrected chi connectivity index (χ3v) is 8.62. The first-order valence-corrected chi connectivity index (χ1v) is 14.8. The Morgan fingerprint density at radius 1 is 0.872 bits per heavy atom. The average molecular weight is 550 g/mol. The fourth-order valence-electron chi connectivity index (χ4n) is 4.96. The Balaban J connectivity index is 0.00000353. The van der Waals surface area contributed by atoms with E-state index in [1.807, 2.05) is 42.9 Å². The van der Waals surface area contributed by atoms with E-state index in [-0.39, 0.29) is 7.43 Å². The highest BCUT2D eigenvalue weighted by molar-refractivity contribution is 7.89. The molecule has 1 aliphatic carbocycles. The Hall–Kier alpha value is -3.50. The molecular weight excluding hydrogens is 510 g/mol. The van der Waals surface area contributed by atoms with Crippen LogP contribution < -0.4 is 15.4 Å². The zero-order valence-electron chi connectivity index (χ0n) is 21.5. The highest BCUT2D eigenvalue weighted by atomic mass is 32.2. The third-order valence-electron chi connectivity index (χ3n) is 7.18. The van der Waals surface area contributed by atoms with E-state index in [9.17, 15) is 8.42 Å². The number of nitrogens with one attached hydrogen (secondary N) is 3. The lowest BCUT2D eigenvalue weighted by Gasteiger charge is -2.28. The van der Waals surface area contributed by atoms with Gasteiger partial charge in [-0.3, -0.25) is 0 Å². The fraction of sp³-hybridized carbons (Fsp3) is 0.414. The summed E-state index contributed by atoms with van der Waals surface area (Å²) in [5.41, 5.74) is 0.913. The molecule has 2 heterocycles. The summed E-state index contributed by atoms with van der Waals surface area (Å²) in [4.78, 5) is 13.9. The van der Waals surface area contributed by atoms with Gasteiger partial charge in [0.2, 0.25) is 16.0 Å². The van der Waals surface area contributed by atoms with E-state index < -0.39 is 10.0 Å². The molecule has 0 radical (unpaired) electrons. The van der Waals surface area contributed by atoms with Crippen molar-refractivity contribution in [3.8, 4) is 0 Å². The molecule has 3 N–H and O–H groups in total. The number of sulfonamides is 1. The average Bonchev–Trinajstić information content (AvgIpc) is 3.48. The van der Waals surface area contributed by atoms with Gasteiger partial charge in [-0.15, -0.1) is 0 Å². The van der Waals surface area contributed by atoms with E-state index in [4.69, 9.17) is 9.97 Å². The van der Waals surface area contributed by atoms with Crippen LogP contribution >= 0.6 is 0 Å². The Morgan fingerprint density at radius 3 is 2.33 bits per heavy atom. The molecule has 0 spiro atoms. The maximum absolute atomic E-state index is 12.5. The second-order valence-electron chi connectivity index (χ2n) is 9.93. The van der Waals surface area contributed by atoms with Crippen molar-refractivity contribution in [3.63, 3.8) is 0 Å². The van der Waals surface area contributed by atoms with E-state index in [1.54, 1.807) is 30.5 Å². The van der Waals surface area contributed by atoms with E-state index in [1.165, 1.54) is 0 Å². The number of aryl methyl sites for hydroxylation is 1. The number of anilines is 2. The molecule has 0 bridgehead atoms. The molecule has 39 heavy (non-hydrogen) atoms. The smallest absolute Gasteiger partial charge is 0.240 e. The van der Waals surface area contributed by atoms with Crippen LogP contribution in [0.2, 0.25) is 0 Å². The minimum absolute atomic E-state index is 0. The minimum Gasteiger partial charge on any atom is -0.369 e. The van der Waals surface area contributed by atoms with E-state index >= 15 is 0 Å². The zero-order chi connectivity index (χ0) is 26.2. The Kier molecular flexibility index (Phi) is 9.89.